The third kappa shape index (κ3) is 8.69. The summed E-state index contributed by atoms with van der Waals surface area (Å²) in [4.78, 5) is 71.1. The Morgan fingerprint density at radius 3 is 2.46 bits per heavy atom. The number of anilines is 1. The molecule has 6 aliphatic rings. The fraction of sp³-hybridized carbons (Fsp3) is 0.474. The number of piperazine rings is 1. The lowest BCUT2D eigenvalue weighted by molar-refractivity contribution is -0.139. The fourth-order valence-electron chi connectivity index (χ4n) is 12.9. The first-order valence-electron chi connectivity index (χ1n) is 25.9. The average molecular weight is 960 g/mol. The van der Waals surface area contributed by atoms with Gasteiger partial charge in [-0.3, -0.25) is 39.2 Å². The smallest absolute Gasteiger partial charge is 0.253 e. The molecule has 3 unspecified atom stereocenters. The van der Waals surface area contributed by atoms with Crippen LogP contribution in [0.1, 0.15) is 115 Å². The summed E-state index contributed by atoms with van der Waals surface area (Å²) in [6.45, 7) is 13.9. The van der Waals surface area contributed by atoms with E-state index in [9.17, 15) is 19.2 Å². The molecule has 14 heteroatoms. The Balaban J connectivity index is 0.668. The molecule has 3 aromatic heterocycles. The minimum atomic E-state index is -0.476. The van der Waals surface area contributed by atoms with Crippen molar-refractivity contribution in [2.45, 2.75) is 95.7 Å². The summed E-state index contributed by atoms with van der Waals surface area (Å²) in [7, 11) is 3.94. The summed E-state index contributed by atoms with van der Waals surface area (Å²) in [5, 5.41) is 6.64. The Morgan fingerprint density at radius 1 is 0.958 bits per heavy atom. The molecule has 7 heterocycles. The van der Waals surface area contributed by atoms with E-state index in [1.807, 2.05) is 49.5 Å². The average Bonchev–Trinajstić information content (AvgIpc) is 4.07. The highest BCUT2D eigenvalue weighted by molar-refractivity contribution is 6.08. The third-order valence-corrected chi connectivity index (χ3v) is 17.2. The van der Waals surface area contributed by atoms with Crippen molar-refractivity contribution in [1.29, 1.82) is 0 Å². The number of ketones is 1. The maximum absolute atomic E-state index is 16.2. The van der Waals surface area contributed by atoms with Crippen LogP contribution in [-0.4, -0.2) is 123 Å². The van der Waals surface area contributed by atoms with Crippen molar-refractivity contribution < 1.29 is 23.6 Å². The molecule has 4 aliphatic heterocycles. The van der Waals surface area contributed by atoms with E-state index in [0.29, 0.717) is 55.6 Å². The zero-order valence-corrected chi connectivity index (χ0v) is 41.8. The SMILES string of the molecule is CNc1ccc(-c2ccnc3c2cc(C(C)N2CC=C(c4c(C)cc(C(=O)N5CCC(CN6CCN(Cc7ccc8c(c7)C7(CC7)C(=O)C8C7CCC(=O)NC7=O)C[C@@H]6C)CC5)cc4F)CC2)n3C)cn1. The number of hydrogen-bond acceptors (Lipinski definition) is 10. The summed E-state index contributed by atoms with van der Waals surface area (Å²) in [5.74, 6) is -0.440. The zero-order valence-electron chi connectivity index (χ0n) is 41.8. The molecule has 3 saturated heterocycles. The lowest BCUT2D eigenvalue weighted by Crippen LogP contribution is -2.53. The number of nitrogens with one attached hydrogen (secondary N) is 2. The van der Waals surface area contributed by atoms with E-state index in [-0.39, 0.29) is 41.8 Å². The van der Waals surface area contributed by atoms with Gasteiger partial charge in [0.15, 0.2) is 5.78 Å². The quantitative estimate of drug-likeness (QED) is 0.126. The number of rotatable bonds is 11. The maximum Gasteiger partial charge on any atom is 0.253 e. The highest BCUT2D eigenvalue weighted by atomic mass is 19.1. The molecule has 4 fully saturated rings. The molecule has 13 nitrogen and oxygen atoms in total. The molecule has 71 heavy (non-hydrogen) atoms. The number of imide groups is 1. The number of aromatic nitrogens is 3. The maximum atomic E-state index is 16.2. The van der Waals surface area contributed by atoms with E-state index >= 15 is 4.39 Å². The second-order valence-electron chi connectivity index (χ2n) is 21.4. The van der Waals surface area contributed by atoms with Gasteiger partial charge in [0.05, 0.1) is 17.3 Å². The second kappa shape index (κ2) is 18.8. The number of halogens is 1. The molecular formula is C57H66FN9O4. The summed E-state index contributed by atoms with van der Waals surface area (Å²) in [6.07, 6.45) is 10.8. The second-order valence-corrected chi connectivity index (χ2v) is 21.4. The number of benzene rings is 2. The highest BCUT2D eigenvalue weighted by Gasteiger charge is 2.61. The number of Topliss-reactive ketones (excluding diaryl/α,β-unsaturated/α-hetero) is 1. The van der Waals surface area contributed by atoms with Crippen molar-refractivity contribution in [2.24, 2.45) is 18.9 Å². The van der Waals surface area contributed by atoms with Gasteiger partial charge < -0.3 is 14.8 Å². The summed E-state index contributed by atoms with van der Waals surface area (Å²) in [5.41, 5.74) is 9.90. The molecule has 3 amide bonds. The predicted molar refractivity (Wildman–Crippen MR) is 273 cm³/mol. The number of carbonyl (C=O) groups is 4. The van der Waals surface area contributed by atoms with Gasteiger partial charge in [0.1, 0.15) is 17.3 Å². The number of piperidine rings is 2. The van der Waals surface area contributed by atoms with Gasteiger partial charge in [-0.15, -0.1) is 0 Å². The number of pyridine rings is 2. The Kier molecular flexibility index (Phi) is 12.5. The lowest BCUT2D eigenvalue weighted by Gasteiger charge is -2.42. The Morgan fingerprint density at radius 2 is 1.77 bits per heavy atom. The summed E-state index contributed by atoms with van der Waals surface area (Å²) in [6, 6.07) is 18.6. The molecule has 1 saturated carbocycles. The molecule has 4 atom stereocenters. The molecule has 2 aromatic carbocycles. The van der Waals surface area contributed by atoms with Crippen molar-refractivity contribution in [2.75, 3.05) is 64.7 Å². The van der Waals surface area contributed by atoms with E-state index in [1.54, 1.807) is 0 Å². The summed E-state index contributed by atoms with van der Waals surface area (Å²) >= 11 is 0. The van der Waals surface area contributed by atoms with Gasteiger partial charge in [-0.05, 0) is 135 Å². The van der Waals surface area contributed by atoms with Gasteiger partial charge >= 0.3 is 0 Å². The van der Waals surface area contributed by atoms with Crippen molar-refractivity contribution in [3.8, 4) is 11.1 Å². The van der Waals surface area contributed by atoms with Crippen molar-refractivity contribution in [1.82, 2.24) is 39.5 Å². The third-order valence-electron chi connectivity index (χ3n) is 17.2. The van der Waals surface area contributed by atoms with Crippen molar-refractivity contribution in [3.05, 3.63) is 118 Å². The molecule has 0 radical (unpaired) electrons. The molecule has 2 aliphatic carbocycles. The number of aryl methyl sites for hydroxylation is 2. The van der Waals surface area contributed by atoms with Crippen molar-refractivity contribution >= 4 is 45.9 Å². The molecule has 11 rings (SSSR count). The Labute approximate surface area is 415 Å². The van der Waals surface area contributed by atoms with Crippen LogP contribution >= 0.6 is 0 Å². The normalized spacial score (nSPS) is 23.5. The van der Waals surface area contributed by atoms with Crippen LogP contribution in [0.25, 0.3) is 27.7 Å². The van der Waals surface area contributed by atoms with Gasteiger partial charge in [0, 0.05) is 132 Å². The molecule has 5 aromatic rings. The van der Waals surface area contributed by atoms with Gasteiger partial charge in [0.2, 0.25) is 11.8 Å². The lowest BCUT2D eigenvalue weighted by atomic mass is 9.80. The molecular weight excluding hydrogens is 894 g/mol. The van der Waals surface area contributed by atoms with Crippen LogP contribution in [0.4, 0.5) is 10.2 Å². The summed E-state index contributed by atoms with van der Waals surface area (Å²) < 4.78 is 18.3. The van der Waals surface area contributed by atoms with Crippen molar-refractivity contribution in [3.63, 3.8) is 0 Å². The number of likely N-dealkylation sites (tertiary alicyclic amines) is 1. The molecule has 2 N–H and O–H groups in total. The molecule has 370 valence electrons. The number of amides is 3. The topological polar surface area (TPSA) is 136 Å². The van der Waals surface area contributed by atoms with Crippen LogP contribution in [0, 0.1) is 24.6 Å². The van der Waals surface area contributed by atoms with Crippen LogP contribution in [0.3, 0.4) is 0 Å². The first kappa shape index (κ1) is 47.2. The van der Waals surface area contributed by atoms with Gasteiger partial charge in [0.25, 0.3) is 5.91 Å². The van der Waals surface area contributed by atoms with E-state index in [2.05, 4.69) is 92.2 Å². The van der Waals surface area contributed by atoms with Crippen LogP contribution < -0.4 is 10.6 Å². The Bertz CT molecular complexity index is 2950. The Hall–Kier alpha value is -6.09. The van der Waals surface area contributed by atoms with Crippen LogP contribution in [-0.2, 0) is 33.4 Å². The van der Waals surface area contributed by atoms with E-state index < -0.39 is 17.3 Å². The number of nitrogens with zero attached hydrogens (tertiary/aromatic N) is 7. The monoisotopic (exact) mass is 960 g/mol. The standard InChI is InChI=1S/C57H66FN9O4/c1-34-26-41(28-47(58)51(34)39-15-22-65(23-16-39)36(3)48-29-45-42(12-19-60-54(45)63(48)5)40-7-10-49(59-4)61-30-40)56(71)66-20-13-37(14-21-66)33-67-25-24-64(31-35(67)2)32-38-6-8-43-46(27-38)57(17-18-57)53(69)52(43)44-9-11-50(68)62-55(44)70/h6-8,10,12,15,19,26-30,35-37,44,52H,9,11,13-14,16-18,20-25,31-33H2,1-5H3,(H,59,61)(H,62,68,70)/t35-,36?,44?,52?/m0/s1. The zero-order chi connectivity index (χ0) is 49.3. The van der Waals surface area contributed by atoms with Crippen LogP contribution in [0.5, 0.6) is 0 Å². The van der Waals surface area contributed by atoms with E-state index in [0.717, 1.165) is 115 Å². The van der Waals surface area contributed by atoms with Gasteiger partial charge in [-0.2, -0.15) is 0 Å². The number of hydrogen-bond donors (Lipinski definition) is 2. The first-order valence-corrected chi connectivity index (χ1v) is 25.9. The minimum absolute atomic E-state index is 0.0922. The van der Waals surface area contributed by atoms with Gasteiger partial charge in [-0.1, -0.05) is 24.3 Å². The number of fused-ring (bicyclic) bond motifs is 3. The van der Waals surface area contributed by atoms with E-state index in [4.69, 9.17) is 4.98 Å². The molecule has 0 bridgehead atoms. The van der Waals surface area contributed by atoms with E-state index in [1.165, 1.54) is 17.3 Å². The van der Waals surface area contributed by atoms with Crippen LogP contribution in [0.15, 0.2) is 73.1 Å². The van der Waals surface area contributed by atoms with Crippen LogP contribution in [0.2, 0.25) is 0 Å². The first-order chi connectivity index (χ1) is 34.3. The predicted octanol–water partition coefficient (Wildman–Crippen LogP) is 7.78. The fourth-order valence-corrected chi connectivity index (χ4v) is 12.9. The van der Waals surface area contributed by atoms with Gasteiger partial charge in [-0.25, -0.2) is 14.4 Å². The number of carbonyl (C=O) groups excluding carboxylic acids is 4. The molecule has 1 spiro atoms. The minimum Gasteiger partial charge on any atom is -0.373 e. The highest BCUT2D eigenvalue weighted by Crippen LogP contribution is 2.60. The largest absolute Gasteiger partial charge is 0.373 e.